The van der Waals surface area contributed by atoms with Crippen LogP contribution >= 0.6 is 0 Å². The van der Waals surface area contributed by atoms with Crippen LogP contribution in [-0.2, 0) is 9.59 Å². The Balaban J connectivity index is 1.68. The summed E-state index contributed by atoms with van der Waals surface area (Å²) in [6.45, 7) is 6.28. The number of fused-ring (bicyclic) bond motifs is 5. The lowest BCUT2D eigenvalue weighted by Crippen LogP contribution is -2.58. The summed E-state index contributed by atoms with van der Waals surface area (Å²) in [6, 6.07) is 0. The molecular formula is C21H32O3. The molecule has 0 spiro atoms. The van der Waals surface area contributed by atoms with Crippen LogP contribution in [0.25, 0.3) is 0 Å². The van der Waals surface area contributed by atoms with Crippen molar-refractivity contribution in [3.05, 3.63) is 0 Å². The summed E-state index contributed by atoms with van der Waals surface area (Å²) < 4.78 is 0. The Labute approximate surface area is 145 Å². The molecule has 4 saturated carbocycles. The van der Waals surface area contributed by atoms with E-state index < -0.39 is 0 Å². The maximum atomic E-state index is 13.3. The van der Waals surface area contributed by atoms with Crippen LogP contribution in [0, 0.1) is 40.4 Å². The van der Waals surface area contributed by atoms with E-state index in [2.05, 4.69) is 13.8 Å². The molecule has 0 amide bonds. The van der Waals surface area contributed by atoms with Gasteiger partial charge in [-0.25, -0.2) is 0 Å². The Hall–Kier alpha value is -0.700. The van der Waals surface area contributed by atoms with Gasteiger partial charge in [-0.2, -0.15) is 0 Å². The number of carbonyl (C=O) groups excluding carboxylic acids is 2. The van der Waals surface area contributed by atoms with Crippen molar-refractivity contribution in [1.82, 2.24) is 0 Å². The molecule has 8 atom stereocenters. The molecule has 3 heteroatoms. The van der Waals surface area contributed by atoms with Crippen molar-refractivity contribution in [2.24, 2.45) is 40.4 Å². The fourth-order valence-corrected chi connectivity index (χ4v) is 7.72. The molecule has 24 heavy (non-hydrogen) atoms. The normalized spacial score (nSPS) is 53.9. The predicted octanol–water partition coefficient (Wildman–Crippen LogP) is 3.77. The minimum absolute atomic E-state index is 0.0782. The van der Waals surface area contributed by atoms with Gasteiger partial charge in [0.1, 0.15) is 11.6 Å². The van der Waals surface area contributed by atoms with Crippen molar-refractivity contribution in [1.29, 1.82) is 0 Å². The molecule has 0 aromatic carbocycles. The van der Waals surface area contributed by atoms with Gasteiger partial charge in [0.15, 0.2) is 0 Å². The molecule has 0 radical (unpaired) electrons. The van der Waals surface area contributed by atoms with Gasteiger partial charge in [-0.05, 0) is 80.5 Å². The molecule has 0 saturated heterocycles. The van der Waals surface area contributed by atoms with Gasteiger partial charge in [0, 0.05) is 18.3 Å². The largest absolute Gasteiger partial charge is 0.393 e. The zero-order valence-corrected chi connectivity index (χ0v) is 15.4. The average Bonchev–Trinajstić information content (AvgIpc) is 2.84. The highest BCUT2D eigenvalue weighted by Crippen LogP contribution is 2.66. The molecule has 0 aromatic rings. The summed E-state index contributed by atoms with van der Waals surface area (Å²) in [6.07, 6.45) is 7.53. The van der Waals surface area contributed by atoms with Crippen LogP contribution in [0.3, 0.4) is 0 Å². The average molecular weight is 332 g/mol. The van der Waals surface area contributed by atoms with Crippen molar-refractivity contribution in [3.63, 3.8) is 0 Å². The van der Waals surface area contributed by atoms with Crippen LogP contribution in [0.1, 0.15) is 72.1 Å². The van der Waals surface area contributed by atoms with E-state index in [0.29, 0.717) is 30.0 Å². The Morgan fingerprint density at radius 1 is 1.08 bits per heavy atom. The Bertz CT molecular complexity index is 569. The molecule has 0 bridgehead atoms. The third kappa shape index (κ3) is 2.12. The molecule has 0 aromatic heterocycles. The van der Waals surface area contributed by atoms with E-state index in [0.717, 1.165) is 44.9 Å². The highest BCUT2D eigenvalue weighted by Gasteiger charge is 2.63. The second-order valence-corrected chi connectivity index (χ2v) is 9.85. The first-order chi connectivity index (χ1) is 11.3. The fraction of sp³-hybridized carbons (Fsp3) is 0.905. The lowest BCUT2D eigenvalue weighted by Gasteiger charge is -2.59. The minimum atomic E-state index is -0.169. The van der Waals surface area contributed by atoms with Crippen molar-refractivity contribution >= 4 is 11.6 Å². The summed E-state index contributed by atoms with van der Waals surface area (Å²) in [5, 5.41) is 10.1. The van der Waals surface area contributed by atoms with Crippen LogP contribution in [0.15, 0.2) is 0 Å². The quantitative estimate of drug-likeness (QED) is 0.795. The van der Waals surface area contributed by atoms with Gasteiger partial charge >= 0.3 is 0 Å². The van der Waals surface area contributed by atoms with Gasteiger partial charge in [-0.1, -0.05) is 13.8 Å². The summed E-state index contributed by atoms with van der Waals surface area (Å²) in [7, 11) is 0. The fourth-order valence-electron chi connectivity index (χ4n) is 7.72. The smallest absolute Gasteiger partial charge is 0.137 e. The van der Waals surface area contributed by atoms with Crippen LogP contribution in [0.5, 0.6) is 0 Å². The van der Waals surface area contributed by atoms with E-state index >= 15 is 0 Å². The number of aliphatic hydroxyl groups excluding tert-OH is 1. The molecule has 3 nitrogen and oxygen atoms in total. The van der Waals surface area contributed by atoms with E-state index in [4.69, 9.17) is 0 Å². The van der Waals surface area contributed by atoms with E-state index in [1.165, 1.54) is 0 Å². The second kappa shape index (κ2) is 5.40. The first-order valence-electron chi connectivity index (χ1n) is 9.98. The number of carbonyl (C=O) groups is 2. The third-order valence-electron chi connectivity index (χ3n) is 8.81. The van der Waals surface area contributed by atoms with Crippen molar-refractivity contribution in [2.45, 2.75) is 78.2 Å². The van der Waals surface area contributed by atoms with E-state index in [1.54, 1.807) is 6.92 Å². The van der Waals surface area contributed by atoms with Gasteiger partial charge in [0.25, 0.3) is 0 Å². The molecule has 1 N–H and O–H groups in total. The number of ketones is 2. The topological polar surface area (TPSA) is 54.4 Å². The SMILES string of the molecule is CC(=O)[C@@H]1CC[C@H]2[C@@H]3CC[C@H]4C[C@H](O)CC[C@]4(C)[C@H]3C(=O)C[C@]12C. The maximum Gasteiger partial charge on any atom is 0.137 e. The van der Waals surface area contributed by atoms with Gasteiger partial charge in [-0.3, -0.25) is 9.59 Å². The first kappa shape index (κ1) is 16.8. The van der Waals surface area contributed by atoms with Crippen LogP contribution in [0.2, 0.25) is 0 Å². The zero-order chi connectivity index (χ0) is 17.3. The number of Topliss-reactive ketones (excluding diaryl/α,β-unsaturated/α-hetero) is 2. The van der Waals surface area contributed by atoms with Gasteiger partial charge in [0.2, 0.25) is 0 Å². The van der Waals surface area contributed by atoms with Gasteiger partial charge < -0.3 is 5.11 Å². The summed E-state index contributed by atoms with van der Waals surface area (Å²) in [5.74, 6) is 2.48. The number of rotatable bonds is 1. The highest BCUT2D eigenvalue weighted by atomic mass is 16.3. The number of hydrogen-bond acceptors (Lipinski definition) is 3. The molecule has 0 aliphatic heterocycles. The molecule has 4 fully saturated rings. The Morgan fingerprint density at radius 3 is 2.54 bits per heavy atom. The van der Waals surface area contributed by atoms with Crippen LogP contribution in [0.4, 0.5) is 0 Å². The Kier molecular flexibility index (Phi) is 3.77. The molecule has 0 unspecified atom stereocenters. The molecule has 4 rings (SSSR count). The Morgan fingerprint density at radius 2 is 1.83 bits per heavy atom. The highest BCUT2D eigenvalue weighted by molar-refractivity contribution is 5.87. The maximum absolute atomic E-state index is 13.3. The predicted molar refractivity (Wildman–Crippen MR) is 92.3 cm³/mol. The summed E-state index contributed by atoms with van der Waals surface area (Å²) in [5.41, 5.74) is -0.0175. The van der Waals surface area contributed by atoms with E-state index in [1.807, 2.05) is 0 Å². The zero-order valence-electron chi connectivity index (χ0n) is 15.4. The molecule has 0 heterocycles. The summed E-state index contributed by atoms with van der Waals surface area (Å²) in [4.78, 5) is 25.5. The molecular weight excluding hydrogens is 300 g/mol. The third-order valence-corrected chi connectivity index (χ3v) is 8.81. The van der Waals surface area contributed by atoms with Crippen LogP contribution in [-0.4, -0.2) is 22.8 Å². The van der Waals surface area contributed by atoms with Crippen molar-refractivity contribution in [2.75, 3.05) is 0 Å². The number of hydrogen-bond donors (Lipinski definition) is 1. The van der Waals surface area contributed by atoms with E-state index in [-0.39, 0.29) is 34.6 Å². The summed E-state index contributed by atoms with van der Waals surface area (Å²) >= 11 is 0. The number of aliphatic hydroxyl groups is 1. The molecule has 4 aliphatic rings. The van der Waals surface area contributed by atoms with Crippen molar-refractivity contribution < 1.29 is 14.7 Å². The lowest BCUT2D eigenvalue weighted by atomic mass is 9.44. The molecule has 134 valence electrons. The minimum Gasteiger partial charge on any atom is -0.393 e. The first-order valence-corrected chi connectivity index (χ1v) is 9.98. The lowest BCUT2D eigenvalue weighted by molar-refractivity contribution is -0.162. The van der Waals surface area contributed by atoms with Gasteiger partial charge in [-0.15, -0.1) is 0 Å². The second-order valence-electron chi connectivity index (χ2n) is 9.85. The van der Waals surface area contributed by atoms with Crippen LogP contribution < -0.4 is 0 Å². The monoisotopic (exact) mass is 332 g/mol. The van der Waals surface area contributed by atoms with Gasteiger partial charge in [0.05, 0.1) is 6.10 Å². The molecule has 4 aliphatic carbocycles. The van der Waals surface area contributed by atoms with E-state index in [9.17, 15) is 14.7 Å². The van der Waals surface area contributed by atoms with Crippen molar-refractivity contribution in [3.8, 4) is 0 Å². The standard InChI is InChI=1S/C21H32O3/c1-12(22)16-6-7-17-15-5-4-13-10-14(23)8-9-20(13,2)19(15)18(24)11-21(16,17)3/h13-17,19,23H,4-11H2,1-3H3/t13-,14+,15-,16-,17-,19+,20-,21+/m0/s1.